The van der Waals surface area contributed by atoms with Crippen molar-refractivity contribution in [1.82, 2.24) is 0 Å². The van der Waals surface area contributed by atoms with Crippen LogP contribution in [0.3, 0.4) is 0 Å². The fourth-order valence-electron chi connectivity index (χ4n) is 3.30. The molecule has 1 aromatic rings. The second-order valence-corrected chi connectivity index (χ2v) is 12.1. The minimum absolute atomic E-state index is 0.0735. The number of carbonyl (C=O) groups excluding carboxylic acids is 4. The van der Waals surface area contributed by atoms with Crippen molar-refractivity contribution in [2.24, 2.45) is 16.6 Å². The van der Waals surface area contributed by atoms with Crippen LogP contribution in [0, 0.1) is 10.8 Å². The smallest absolute Gasteiger partial charge is 0.323 e. The highest BCUT2D eigenvalue weighted by Gasteiger charge is 2.26. The van der Waals surface area contributed by atoms with E-state index in [1.165, 1.54) is 12.1 Å². The minimum atomic E-state index is -1.02. The number of benzene rings is 1. The Morgan fingerprint density at radius 1 is 0.789 bits per heavy atom. The van der Waals surface area contributed by atoms with E-state index < -0.39 is 36.2 Å². The average Bonchev–Trinajstić information content (AvgIpc) is 2.72. The molecule has 0 bridgehead atoms. The molecule has 0 saturated heterocycles. The van der Waals surface area contributed by atoms with Crippen molar-refractivity contribution in [3.05, 3.63) is 23.8 Å². The molecule has 1 unspecified atom stereocenters. The van der Waals surface area contributed by atoms with Crippen LogP contribution in [0.1, 0.15) is 93.6 Å². The summed E-state index contributed by atoms with van der Waals surface area (Å²) in [6.45, 7) is 16.6. The molecule has 1 aromatic carbocycles. The monoisotopic (exact) mass is 535 g/mol. The van der Waals surface area contributed by atoms with E-state index in [1.54, 1.807) is 19.9 Å². The Hall–Kier alpha value is -2.94. The zero-order valence-corrected chi connectivity index (χ0v) is 24.3. The van der Waals surface area contributed by atoms with Crippen molar-refractivity contribution in [3.63, 3.8) is 0 Å². The van der Waals surface area contributed by atoms with Crippen LogP contribution in [-0.2, 0) is 35.1 Å². The average molecular weight is 536 g/mol. The Bertz CT molecular complexity index is 974. The molecule has 38 heavy (non-hydrogen) atoms. The summed E-state index contributed by atoms with van der Waals surface area (Å²) in [5, 5.41) is 0. The molecule has 0 heterocycles. The minimum Gasteiger partial charge on any atom is -0.459 e. The lowest BCUT2D eigenvalue weighted by molar-refractivity contribution is -0.166. The van der Waals surface area contributed by atoms with Gasteiger partial charge in [0, 0.05) is 6.42 Å². The maximum atomic E-state index is 12.6. The standard InChI is InChI=1S/C29H45NO8/c1-10-11-24(31)35-18(2)19(3)36-27(34)21(30)14-20-12-13-22(37-25(32)16-28(4,5)6)23(15-20)38-26(33)17-29(7,8)9/h12-13,15,18-19,21H,10-11,14,16-17,30H2,1-9H3/t18?,19-,21-/m0/s1. The van der Waals surface area contributed by atoms with Gasteiger partial charge in [-0.05, 0) is 55.2 Å². The Morgan fingerprint density at radius 3 is 1.79 bits per heavy atom. The number of esters is 4. The summed E-state index contributed by atoms with van der Waals surface area (Å²) in [5.74, 6) is -1.78. The first kappa shape index (κ1) is 33.1. The fourth-order valence-corrected chi connectivity index (χ4v) is 3.30. The van der Waals surface area contributed by atoms with Crippen molar-refractivity contribution < 1.29 is 38.1 Å². The molecular weight excluding hydrogens is 490 g/mol. The molecule has 0 aromatic heterocycles. The van der Waals surface area contributed by atoms with E-state index in [0.717, 1.165) is 0 Å². The normalized spacial score (nSPS) is 14.2. The van der Waals surface area contributed by atoms with Crippen LogP contribution in [0.25, 0.3) is 0 Å². The lowest BCUT2D eigenvalue weighted by Crippen LogP contribution is -2.39. The zero-order chi connectivity index (χ0) is 29.3. The van der Waals surface area contributed by atoms with Gasteiger partial charge in [-0.15, -0.1) is 0 Å². The van der Waals surface area contributed by atoms with Crippen LogP contribution in [-0.4, -0.2) is 42.1 Å². The highest BCUT2D eigenvalue weighted by molar-refractivity contribution is 5.78. The molecule has 0 radical (unpaired) electrons. The van der Waals surface area contributed by atoms with Crippen molar-refractivity contribution >= 4 is 23.9 Å². The molecule has 214 valence electrons. The summed E-state index contributed by atoms with van der Waals surface area (Å²) >= 11 is 0. The molecule has 0 spiro atoms. The highest BCUT2D eigenvalue weighted by atomic mass is 16.6. The quantitative estimate of drug-likeness (QED) is 0.293. The van der Waals surface area contributed by atoms with Gasteiger partial charge in [0.15, 0.2) is 11.5 Å². The van der Waals surface area contributed by atoms with E-state index in [-0.39, 0.29) is 54.0 Å². The van der Waals surface area contributed by atoms with E-state index in [4.69, 9.17) is 24.7 Å². The largest absolute Gasteiger partial charge is 0.459 e. The third-order valence-corrected chi connectivity index (χ3v) is 5.30. The Kier molecular flexibility index (Phi) is 12.4. The molecule has 0 aliphatic heterocycles. The van der Waals surface area contributed by atoms with Crippen LogP contribution < -0.4 is 15.2 Å². The lowest BCUT2D eigenvalue weighted by atomic mass is 9.92. The Labute approximate surface area is 226 Å². The van der Waals surface area contributed by atoms with Crippen LogP contribution in [0.4, 0.5) is 0 Å². The predicted octanol–water partition coefficient (Wildman–Crippen LogP) is 4.90. The molecule has 2 N–H and O–H groups in total. The van der Waals surface area contributed by atoms with Gasteiger partial charge in [0.25, 0.3) is 0 Å². The van der Waals surface area contributed by atoms with E-state index in [1.807, 2.05) is 48.5 Å². The Morgan fingerprint density at radius 2 is 1.29 bits per heavy atom. The molecule has 0 fully saturated rings. The SMILES string of the molecule is CCCC(=O)OC(C)[C@H](C)OC(=O)[C@@H](N)Cc1ccc(OC(=O)CC(C)(C)C)c(OC(=O)CC(C)(C)C)c1. The maximum absolute atomic E-state index is 12.6. The number of hydrogen-bond acceptors (Lipinski definition) is 9. The molecular formula is C29H45NO8. The highest BCUT2D eigenvalue weighted by Crippen LogP contribution is 2.32. The number of nitrogens with two attached hydrogens (primary N) is 1. The first-order valence-corrected chi connectivity index (χ1v) is 13.1. The van der Waals surface area contributed by atoms with E-state index in [9.17, 15) is 19.2 Å². The van der Waals surface area contributed by atoms with Gasteiger partial charge in [-0.3, -0.25) is 19.2 Å². The number of ether oxygens (including phenoxy) is 4. The summed E-state index contributed by atoms with van der Waals surface area (Å²) in [6, 6.07) is 3.67. The number of carbonyl (C=O) groups is 4. The summed E-state index contributed by atoms with van der Waals surface area (Å²) in [5.41, 5.74) is 6.09. The number of rotatable bonds is 12. The van der Waals surface area contributed by atoms with Gasteiger partial charge in [-0.1, -0.05) is 54.5 Å². The Balaban J connectivity index is 3.00. The van der Waals surface area contributed by atoms with Crippen molar-refractivity contribution in [2.45, 2.75) is 113 Å². The van der Waals surface area contributed by atoms with Gasteiger partial charge in [0.2, 0.25) is 0 Å². The van der Waals surface area contributed by atoms with Crippen LogP contribution in [0.5, 0.6) is 11.5 Å². The van der Waals surface area contributed by atoms with Gasteiger partial charge in [-0.25, -0.2) is 0 Å². The third kappa shape index (κ3) is 13.0. The van der Waals surface area contributed by atoms with E-state index in [2.05, 4.69) is 0 Å². The topological polar surface area (TPSA) is 131 Å². The van der Waals surface area contributed by atoms with Gasteiger partial charge in [0.05, 0.1) is 12.8 Å². The van der Waals surface area contributed by atoms with Gasteiger partial charge in [0.1, 0.15) is 18.2 Å². The van der Waals surface area contributed by atoms with Crippen LogP contribution >= 0.6 is 0 Å². The van der Waals surface area contributed by atoms with Crippen molar-refractivity contribution in [1.29, 1.82) is 0 Å². The first-order chi connectivity index (χ1) is 17.4. The predicted molar refractivity (Wildman–Crippen MR) is 144 cm³/mol. The summed E-state index contributed by atoms with van der Waals surface area (Å²) < 4.78 is 21.7. The van der Waals surface area contributed by atoms with E-state index >= 15 is 0 Å². The lowest BCUT2D eigenvalue weighted by Gasteiger charge is -2.22. The second-order valence-electron chi connectivity index (χ2n) is 12.1. The molecule has 0 aliphatic rings. The van der Waals surface area contributed by atoms with Crippen LogP contribution in [0.2, 0.25) is 0 Å². The summed E-state index contributed by atoms with van der Waals surface area (Å²) in [4.78, 5) is 49.3. The van der Waals surface area contributed by atoms with E-state index in [0.29, 0.717) is 12.0 Å². The fraction of sp³-hybridized carbons (Fsp3) is 0.655. The molecule has 3 atom stereocenters. The van der Waals surface area contributed by atoms with Crippen molar-refractivity contribution in [2.75, 3.05) is 0 Å². The molecule has 0 amide bonds. The molecule has 9 nitrogen and oxygen atoms in total. The molecule has 0 aliphatic carbocycles. The summed E-state index contributed by atoms with van der Waals surface area (Å²) in [7, 11) is 0. The molecule has 9 heteroatoms. The maximum Gasteiger partial charge on any atom is 0.323 e. The summed E-state index contributed by atoms with van der Waals surface area (Å²) in [6.07, 6.45) is 0.0356. The van der Waals surface area contributed by atoms with Crippen LogP contribution in [0.15, 0.2) is 18.2 Å². The zero-order valence-electron chi connectivity index (χ0n) is 24.3. The van der Waals surface area contributed by atoms with Gasteiger partial charge in [-0.2, -0.15) is 0 Å². The molecule has 0 saturated carbocycles. The number of hydrogen-bond donors (Lipinski definition) is 1. The van der Waals surface area contributed by atoms with Gasteiger partial charge >= 0.3 is 23.9 Å². The van der Waals surface area contributed by atoms with Gasteiger partial charge < -0.3 is 24.7 Å². The third-order valence-electron chi connectivity index (χ3n) is 5.30. The first-order valence-electron chi connectivity index (χ1n) is 13.1. The molecule has 1 rings (SSSR count). The van der Waals surface area contributed by atoms with Crippen molar-refractivity contribution in [3.8, 4) is 11.5 Å². The second kappa shape index (κ2) is 14.3.